The van der Waals surface area contributed by atoms with Crippen molar-refractivity contribution in [2.24, 2.45) is 13.0 Å². The highest BCUT2D eigenvalue weighted by Gasteiger charge is 2.23. The molecule has 0 N–H and O–H groups in total. The Kier molecular flexibility index (Phi) is 4.97. The molecule has 0 unspecified atom stereocenters. The Morgan fingerprint density at radius 3 is 2.73 bits per heavy atom. The SMILES string of the molecule is Cn1ccnc1-c1nccnc1C[C@@H]1CCCN(Cc2cnccn2)C1. The molecule has 4 rings (SSSR count). The Bertz CT molecular complexity index is 846. The Morgan fingerprint density at radius 2 is 1.92 bits per heavy atom. The summed E-state index contributed by atoms with van der Waals surface area (Å²) in [5.41, 5.74) is 2.96. The number of hydrogen-bond acceptors (Lipinski definition) is 6. The van der Waals surface area contributed by atoms with Gasteiger partial charge in [-0.15, -0.1) is 0 Å². The van der Waals surface area contributed by atoms with Crippen LogP contribution in [-0.2, 0) is 20.0 Å². The summed E-state index contributed by atoms with van der Waals surface area (Å²) in [4.78, 5) is 24.7. The molecule has 0 amide bonds. The van der Waals surface area contributed by atoms with Gasteiger partial charge in [0.15, 0.2) is 5.82 Å². The van der Waals surface area contributed by atoms with Gasteiger partial charge in [-0.3, -0.25) is 19.9 Å². The first-order valence-corrected chi connectivity index (χ1v) is 9.04. The molecule has 7 heteroatoms. The van der Waals surface area contributed by atoms with Crippen LogP contribution in [0.15, 0.2) is 43.4 Å². The van der Waals surface area contributed by atoms with Crippen LogP contribution in [0.3, 0.4) is 0 Å². The average Bonchev–Trinajstić information content (AvgIpc) is 3.09. The number of likely N-dealkylation sites (tertiary alicyclic amines) is 1. The zero-order valence-electron chi connectivity index (χ0n) is 15.0. The Labute approximate surface area is 153 Å². The zero-order chi connectivity index (χ0) is 17.8. The van der Waals surface area contributed by atoms with Gasteiger partial charge in [0.2, 0.25) is 0 Å². The lowest BCUT2D eigenvalue weighted by atomic mass is 9.92. The lowest BCUT2D eigenvalue weighted by molar-refractivity contribution is 0.164. The number of nitrogens with zero attached hydrogens (tertiary/aromatic N) is 7. The molecule has 0 aromatic carbocycles. The Hall–Kier alpha value is -2.67. The maximum Gasteiger partial charge on any atom is 0.160 e. The van der Waals surface area contributed by atoms with E-state index in [2.05, 4.69) is 29.8 Å². The van der Waals surface area contributed by atoms with Crippen LogP contribution in [0.4, 0.5) is 0 Å². The molecule has 1 fully saturated rings. The first-order valence-electron chi connectivity index (χ1n) is 9.04. The van der Waals surface area contributed by atoms with Crippen LogP contribution in [0, 0.1) is 5.92 Å². The molecule has 0 radical (unpaired) electrons. The second-order valence-electron chi connectivity index (χ2n) is 6.86. The lowest BCUT2D eigenvalue weighted by Crippen LogP contribution is -2.36. The van der Waals surface area contributed by atoms with Crippen molar-refractivity contribution in [1.82, 2.24) is 34.4 Å². The summed E-state index contributed by atoms with van der Waals surface area (Å²) in [5.74, 6) is 1.44. The summed E-state index contributed by atoms with van der Waals surface area (Å²) < 4.78 is 1.99. The molecule has 3 aromatic rings. The monoisotopic (exact) mass is 349 g/mol. The van der Waals surface area contributed by atoms with Crippen LogP contribution in [0.5, 0.6) is 0 Å². The molecule has 134 valence electrons. The van der Waals surface area contributed by atoms with Crippen molar-refractivity contribution in [2.75, 3.05) is 13.1 Å². The highest BCUT2D eigenvalue weighted by atomic mass is 15.1. The fourth-order valence-electron chi connectivity index (χ4n) is 3.67. The minimum atomic E-state index is 0.566. The molecule has 26 heavy (non-hydrogen) atoms. The molecule has 1 aliphatic heterocycles. The van der Waals surface area contributed by atoms with Crippen LogP contribution in [0.25, 0.3) is 11.5 Å². The van der Waals surface area contributed by atoms with Crippen LogP contribution in [-0.4, -0.2) is 47.5 Å². The van der Waals surface area contributed by atoms with E-state index >= 15 is 0 Å². The van der Waals surface area contributed by atoms with Gasteiger partial charge >= 0.3 is 0 Å². The number of piperidine rings is 1. The van der Waals surface area contributed by atoms with Crippen molar-refractivity contribution in [3.8, 4) is 11.5 Å². The third-order valence-electron chi connectivity index (χ3n) is 4.89. The van der Waals surface area contributed by atoms with Crippen molar-refractivity contribution < 1.29 is 0 Å². The van der Waals surface area contributed by atoms with Crippen molar-refractivity contribution >= 4 is 0 Å². The van der Waals surface area contributed by atoms with Gasteiger partial charge in [0.25, 0.3) is 0 Å². The van der Waals surface area contributed by atoms with E-state index in [9.17, 15) is 0 Å². The molecule has 3 aromatic heterocycles. The van der Waals surface area contributed by atoms with E-state index in [1.807, 2.05) is 24.0 Å². The van der Waals surface area contributed by atoms with Gasteiger partial charge in [-0.1, -0.05) is 0 Å². The fraction of sp³-hybridized carbons (Fsp3) is 0.421. The molecule has 1 aliphatic rings. The molecule has 0 aliphatic carbocycles. The Morgan fingerprint density at radius 1 is 1.04 bits per heavy atom. The van der Waals surface area contributed by atoms with Gasteiger partial charge in [0.1, 0.15) is 5.69 Å². The fourth-order valence-corrected chi connectivity index (χ4v) is 3.67. The van der Waals surface area contributed by atoms with E-state index in [4.69, 9.17) is 0 Å². The highest BCUT2D eigenvalue weighted by Crippen LogP contribution is 2.25. The maximum atomic E-state index is 4.62. The average molecular weight is 349 g/mol. The second-order valence-corrected chi connectivity index (χ2v) is 6.86. The van der Waals surface area contributed by atoms with Gasteiger partial charge in [-0.2, -0.15) is 0 Å². The van der Waals surface area contributed by atoms with Gasteiger partial charge < -0.3 is 4.57 Å². The van der Waals surface area contributed by atoms with Crippen molar-refractivity contribution in [2.45, 2.75) is 25.8 Å². The van der Waals surface area contributed by atoms with E-state index < -0.39 is 0 Å². The van der Waals surface area contributed by atoms with E-state index in [0.717, 1.165) is 49.0 Å². The van der Waals surface area contributed by atoms with E-state index in [1.165, 1.54) is 12.8 Å². The second kappa shape index (κ2) is 7.70. The first kappa shape index (κ1) is 16.8. The normalized spacial score (nSPS) is 18.1. The molecular weight excluding hydrogens is 326 g/mol. The van der Waals surface area contributed by atoms with Crippen LogP contribution in [0.1, 0.15) is 24.2 Å². The van der Waals surface area contributed by atoms with Gasteiger partial charge in [0.05, 0.1) is 11.4 Å². The number of aromatic nitrogens is 6. The van der Waals surface area contributed by atoms with Gasteiger partial charge in [0, 0.05) is 63.5 Å². The van der Waals surface area contributed by atoms with Crippen molar-refractivity contribution in [3.63, 3.8) is 0 Å². The van der Waals surface area contributed by atoms with E-state index in [0.29, 0.717) is 5.92 Å². The summed E-state index contributed by atoms with van der Waals surface area (Å²) in [6.07, 6.45) is 15.9. The summed E-state index contributed by atoms with van der Waals surface area (Å²) in [7, 11) is 1.99. The number of aryl methyl sites for hydroxylation is 1. The minimum absolute atomic E-state index is 0.566. The highest BCUT2D eigenvalue weighted by molar-refractivity contribution is 5.52. The molecule has 1 atom stereocenters. The standard InChI is InChI=1S/C19H23N7/c1-25-10-8-24-19(25)18-17(22-6-7-23-18)11-15-3-2-9-26(13-15)14-16-12-20-4-5-21-16/h4-8,10,12,15H,2-3,9,11,13-14H2,1H3/t15-/m0/s1. The predicted octanol–water partition coefficient (Wildman–Crippen LogP) is 2.12. The molecule has 0 saturated carbocycles. The molecule has 0 spiro atoms. The van der Waals surface area contributed by atoms with Crippen molar-refractivity contribution in [3.05, 3.63) is 54.8 Å². The number of hydrogen-bond donors (Lipinski definition) is 0. The third-order valence-corrected chi connectivity index (χ3v) is 4.89. The summed E-state index contributed by atoms with van der Waals surface area (Å²) >= 11 is 0. The molecule has 7 nitrogen and oxygen atoms in total. The lowest BCUT2D eigenvalue weighted by Gasteiger charge is -2.32. The summed E-state index contributed by atoms with van der Waals surface area (Å²) in [5, 5.41) is 0. The number of rotatable bonds is 5. The quantitative estimate of drug-likeness (QED) is 0.702. The van der Waals surface area contributed by atoms with Crippen molar-refractivity contribution in [1.29, 1.82) is 0 Å². The van der Waals surface area contributed by atoms with Crippen LogP contribution >= 0.6 is 0 Å². The third kappa shape index (κ3) is 3.77. The maximum absolute atomic E-state index is 4.62. The minimum Gasteiger partial charge on any atom is -0.333 e. The van der Waals surface area contributed by atoms with Gasteiger partial charge in [-0.05, 0) is 31.7 Å². The van der Waals surface area contributed by atoms with Gasteiger partial charge in [-0.25, -0.2) is 9.97 Å². The summed E-state index contributed by atoms with van der Waals surface area (Å²) in [6, 6.07) is 0. The van der Waals surface area contributed by atoms with E-state index in [-0.39, 0.29) is 0 Å². The predicted molar refractivity (Wildman–Crippen MR) is 98.0 cm³/mol. The molecule has 0 bridgehead atoms. The molecule has 4 heterocycles. The zero-order valence-corrected chi connectivity index (χ0v) is 15.0. The Balaban J connectivity index is 1.47. The van der Waals surface area contributed by atoms with E-state index in [1.54, 1.807) is 31.0 Å². The largest absolute Gasteiger partial charge is 0.333 e. The van der Waals surface area contributed by atoms with Crippen LogP contribution < -0.4 is 0 Å². The smallest absolute Gasteiger partial charge is 0.160 e. The molecular formula is C19H23N7. The molecule has 1 saturated heterocycles. The summed E-state index contributed by atoms with van der Waals surface area (Å²) in [6.45, 7) is 3.02. The van der Waals surface area contributed by atoms with Crippen LogP contribution in [0.2, 0.25) is 0 Å². The first-order chi connectivity index (χ1) is 12.8. The topological polar surface area (TPSA) is 72.6 Å². The number of imidazole rings is 1.